The van der Waals surface area contributed by atoms with Crippen molar-refractivity contribution in [3.63, 3.8) is 0 Å². The molecule has 0 unspecified atom stereocenters. The quantitative estimate of drug-likeness (QED) is 0.0391. The van der Waals surface area contributed by atoms with Crippen LogP contribution in [0.1, 0.15) is 161 Å². The van der Waals surface area contributed by atoms with Crippen LogP contribution in [0.4, 0.5) is 0 Å². The van der Waals surface area contributed by atoms with Gasteiger partial charge in [0, 0.05) is 51.4 Å². The maximum Gasteiger partial charge on any atom is 0.303 e. The Kier molecular flexibility index (Phi) is 42.0. The molecular weight excluding hydrogens is 652 g/mol. The molecule has 0 aromatic heterocycles. The largest absolute Gasteiger partial charge is 0.481 e. The van der Waals surface area contributed by atoms with E-state index >= 15 is 0 Å². The zero-order valence-corrected chi connectivity index (χ0v) is 28.5. The summed E-state index contributed by atoms with van der Waals surface area (Å²) < 4.78 is 0. The molecule has 0 rings (SSSR count). The molecule has 0 aliphatic heterocycles. The summed E-state index contributed by atoms with van der Waals surface area (Å²) in [5.41, 5.74) is 0. The third-order valence-corrected chi connectivity index (χ3v) is 6.38. The molecule has 0 spiro atoms. The van der Waals surface area contributed by atoms with Crippen LogP contribution in [0.5, 0.6) is 0 Å². The van der Waals surface area contributed by atoms with E-state index in [9.17, 15) is 38.4 Å². The van der Waals surface area contributed by atoms with Crippen LogP contribution in [0.15, 0.2) is 0 Å². The topological polar surface area (TPSA) is 298 Å². The molecule has 286 valence electrons. The lowest BCUT2D eigenvalue weighted by atomic mass is 10.1. The van der Waals surface area contributed by atoms with Gasteiger partial charge in [-0.25, -0.2) is 0 Å². The van der Waals surface area contributed by atoms with Crippen LogP contribution >= 0.6 is 0 Å². The molecule has 16 heteroatoms. The van der Waals surface area contributed by atoms with Gasteiger partial charge in [0.25, 0.3) is 0 Å². The van der Waals surface area contributed by atoms with Gasteiger partial charge in [-0.2, -0.15) is 0 Å². The molecule has 0 atom stereocenters. The van der Waals surface area contributed by atoms with E-state index in [2.05, 4.69) is 0 Å². The zero-order valence-electron chi connectivity index (χ0n) is 28.5. The van der Waals surface area contributed by atoms with Crippen LogP contribution in [0.2, 0.25) is 0 Å². The Hall–Kier alpha value is -4.24. The predicted molar refractivity (Wildman–Crippen MR) is 177 cm³/mol. The van der Waals surface area contributed by atoms with Crippen LogP contribution in [0.3, 0.4) is 0 Å². The first-order valence-corrected chi connectivity index (χ1v) is 16.8. The molecule has 0 heterocycles. The summed E-state index contributed by atoms with van der Waals surface area (Å²) in [6.45, 7) is 0. The fourth-order valence-corrected chi connectivity index (χ4v) is 3.80. The Morgan fingerprint density at radius 1 is 0.184 bits per heavy atom. The Labute approximate surface area is 287 Å². The average Bonchev–Trinajstić information content (AvgIpc) is 2.98. The van der Waals surface area contributed by atoms with Gasteiger partial charge >= 0.3 is 47.8 Å². The number of hydrogen-bond acceptors (Lipinski definition) is 8. The van der Waals surface area contributed by atoms with Crippen molar-refractivity contribution in [2.75, 3.05) is 0 Å². The molecule has 0 aliphatic rings. The van der Waals surface area contributed by atoms with E-state index in [1.807, 2.05) is 0 Å². The van der Waals surface area contributed by atoms with Gasteiger partial charge < -0.3 is 40.9 Å². The normalized spacial score (nSPS) is 9.71. The van der Waals surface area contributed by atoms with Gasteiger partial charge in [0.2, 0.25) is 0 Å². The zero-order chi connectivity index (χ0) is 38.3. The number of carboxylic acid groups (broad SMARTS) is 8. The third-order valence-electron chi connectivity index (χ3n) is 6.38. The molecule has 8 N–H and O–H groups in total. The number of aliphatic carboxylic acids is 8. The molecule has 0 saturated heterocycles. The van der Waals surface area contributed by atoms with Crippen LogP contribution in [0.25, 0.3) is 0 Å². The molecule has 49 heavy (non-hydrogen) atoms. The maximum absolute atomic E-state index is 10.1. The summed E-state index contributed by atoms with van der Waals surface area (Å²) in [4.78, 5) is 80.4. The van der Waals surface area contributed by atoms with Crippen LogP contribution in [0, 0.1) is 0 Å². The minimum atomic E-state index is -0.870. The first-order chi connectivity index (χ1) is 23.0. The van der Waals surface area contributed by atoms with E-state index in [4.69, 9.17) is 40.9 Å². The fraction of sp³-hybridized carbons (Fsp3) is 0.758. The summed E-state index contributed by atoms with van der Waals surface area (Å²) in [5.74, 6) is -6.31. The van der Waals surface area contributed by atoms with Gasteiger partial charge in [0.1, 0.15) is 0 Å². The summed E-state index contributed by atoms with van der Waals surface area (Å²) >= 11 is 0. The molecule has 0 radical (unpaired) electrons. The van der Waals surface area contributed by atoms with Crippen LogP contribution < -0.4 is 0 Å². The monoisotopic (exact) mass is 710 g/mol. The van der Waals surface area contributed by atoms with E-state index < -0.39 is 47.8 Å². The lowest BCUT2D eigenvalue weighted by Gasteiger charge is -1.98. The van der Waals surface area contributed by atoms with E-state index in [1.54, 1.807) is 0 Å². The first-order valence-electron chi connectivity index (χ1n) is 16.8. The summed E-state index contributed by atoms with van der Waals surface area (Å²) in [6, 6.07) is 0. The second kappa shape index (κ2) is 39.9. The van der Waals surface area contributed by atoms with Crippen LogP contribution in [-0.2, 0) is 38.4 Å². The van der Waals surface area contributed by atoms with Crippen molar-refractivity contribution in [1.82, 2.24) is 0 Å². The third kappa shape index (κ3) is 71.1. The first kappa shape index (κ1) is 51.6. The highest BCUT2D eigenvalue weighted by Crippen LogP contribution is 2.09. The van der Waals surface area contributed by atoms with Gasteiger partial charge in [-0.1, -0.05) is 57.8 Å². The Balaban J connectivity index is -0.000000277. The molecule has 0 aliphatic carbocycles. The van der Waals surface area contributed by atoms with Gasteiger partial charge in [-0.15, -0.1) is 0 Å². The lowest BCUT2D eigenvalue weighted by Crippen LogP contribution is -1.97. The Morgan fingerprint density at radius 3 is 0.367 bits per heavy atom. The minimum Gasteiger partial charge on any atom is -0.481 e. The summed E-state index contributed by atoms with van der Waals surface area (Å²) in [6.07, 6.45) is 14.7. The second-order valence-electron chi connectivity index (χ2n) is 11.2. The van der Waals surface area contributed by atoms with E-state index in [0.29, 0.717) is 38.5 Å². The Bertz CT molecular complexity index is 844. The molecule has 0 fully saturated rings. The predicted octanol–water partition coefficient (Wildman–Crippen LogP) is 6.37. The van der Waals surface area contributed by atoms with E-state index in [-0.39, 0.29) is 51.4 Å². The van der Waals surface area contributed by atoms with Crippen molar-refractivity contribution in [1.29, 1.82) is 0 Å². The SMILES string of the molecule is O=C(O)CCCCC(=O)O.O=C(O)CCCCCCC(=O)O.O=C(O)CCCCCCCC(=O)O.O=C(O)CCCCCCCCC(=O)O. The highest BCUT2D eigenvalue weighted by molar-refractivity contribution is 5.69. The average molecular weight is 711 g/mol. The molecule has 0 saturated carbocycles. The van der Waals surface area contributed by atoms with Gasteiger partial charge in [0.05, 0.1) is 0 Å². The van der Waals surface area contributed by atoms with Crippen molar-refractivity contribution < 1.29 is 79.2 Å². The smallest absolute Gasteiger partial charge is 0.303 e. The number of carbonyl (C=O) groups is 8. The maximum atomic E-state index is 10.1. The molecule has 0 aromatic rings. The summed E-state index contributed by atoms with van der Waals surface area (Å²) in [7, 11) is 0. The number of unbranched alkanes of at least 4 members (excludes halogenated alkanes) is 13. The number of rotatable bonds is 29. The van der Waals surface area contributed by atoms with E-state index in [1.165, 1.54) is 0 Å². The highest BCUT2D eigenvalue weighted by Gasteiger charge is 2.01. The van der Waals surface area contributed by atoms with Crippen molar-refractivity contribution in [2.45, 2.75) is 161 Å². The van der Waals surface area contributed by atoms with Crippen molar-refractivity contribution in [3.05, 3.63) is 0 Å². The molecule has 0 bridgehead atoms. The minimum absolute atomic E-state index is 0.0628. The highest BCUT2D eigenvalue weighted by atomic mass is 16.4. The Morgan fingerprint density at radius 2 is 0.265 bits per heavy atom. The molecule has 0 aromatic carbocycles. The van der Waals surface area contributed by atoms with Crippen LogP contribution in [-0.4, -0.2) is 88.6 Å². The second-order valence-corrected chi connectivity index (χ2v) is 11.2. The van der Waals surface area contributed by atoms with Gasteiger partial charge in [0.15, 0.2) is 0 Å². The van der Waals surface area contributed by atoms with Crippen molar-refractivity contribution in [3.8, 4) is 0 Å². The number of hydrogen-bond donors (Lipinski definition) is 8. The molecule has 16 nitrogen and oxygen atoms in total. The van der Waals surface area contributed by atoms with Gasteiger partial charge in [-0.05, 0) is 51.4 Å². The standard InChI is InChI=1S/C10H18O4.C9H16O4.C8H14O4.C6H10O4/c11-9(12)7-5-3-1-2-4-6-8-10(13)14;10-8(11)6-4-2-1-3-5-7-9(12)13;9-7(10)5-3-1-2-4-6-8(11)12;7-5(8)3-1-2-4-6(9)10/h1-8H2,(H,11,12)(H,13,14);1-7H2,(H,10,11)(H,12,13);1-6H2,(H,9,10)(H,11,12);1-4H2,(H,7,8)(H,9,10). The molecular formula is C33H58O16. The van der Waals surface area contributed by atoms with Crippen molar-refractivity contribution in [2.24, 2.45) is 0 Å². The molecule has 0 amide bonds. The fourth-order valence-electron chi connectivity index (χ4n) is 3.80. The summed E-state index contributed by atoms with van der Waals surface area (Å²) in [5, 5.41) is 66.1. The lowest BCUT2D eigenvalue weighted by molar-refractivity contribution is -0.139. The van der Waals surface area contributed by atoms with Gasteiger partial charge in [-0.3, -0.25) is 38.4 Å². The van der Waals surface area contributed by atoms with Crippen molar-refractivity contribution >= 4 is 47.8 Å². The van der Waals surface area contributed by atoms with E-state index in [0.717, 1.165) is 70.6 Å². The number of carboxylic acids is 8.